The second kappa shape index (κ2) is 9.86. The van der Waals surface area contributed by atoms with Crippen molar-refractivity contribution in [3.8, 4) is 0 Å². The summed E-state index contributed by atoms with van der Waals surface area (Å²) in [4.78, 5) is 10.3. The number of hydrogen-bond donors (Lipinski definition) is 1. The van der Waals surface area contributed by atoms with E-state index in [9.17, 15) is 4.79 Å². The van der Waals surface area contributed by atoms with Crippen LogP contribution in [0.15, 0.2) is 0 Å². The van der Waals surface area contributed by atoms with Gasteiger partial charge in [-0.05, 0) is 6.42 Å². The number of hydrogen-bond acceptors (Lipinski definition) is 2. The first-order valence-electron chi connectivity index (χ1n) is 3.94. The molecule has 1 atom stereocenters. The van der Waals surface area contributed by atoms with Gasteiger partial charge < -0.3 is 5.73 Å². The van der Waals surface area contributed by atoms with Crippen LogP contribution in [0.1, 0.15) is 27.2 Å². The summed E-state index contributed by atoms with van der Waals surface area (Å²) in [6.07, 6.45) is 1.04. The van der Waals surface area contributed by atoms with Gasteiger partial charge in [-0.2, -0.15) is 0 Å². The van der Waals surface area contributed by atoms with E-state index in [2.05, 4.69) is 16.3 Å². The van der Waals surface area contributed by atoms with Crippen LogP contribution in [0.4, 0.5) is 0 Å². The summed E-state index contributed by atoms with van der Waals surface area (Å²) in [6, 6.07) is 0. The first-order chi connectivity index (χ1) is 5.16. The highest BCUT2D eigenvalue weighted by Gasteiger charge is 1.98. The van der Waals surface area contributed by atoms with E-state index in [0.29, 0.717) is 6.54 Å². The van der Waals surface area contributed by atoms with Crippen LogP contribution in [0.3, 0.4) is 0 Å². The van der Waals surface area contributed by atoms with Crippen LogP contribution < -0.4 is 5.73 Å². The smallest absolute Gasteiger partial charge is 0.231 e. The number of nitrogens with two attached hydrogens (primary N) is 1. The van der Waals surface area contributed by atoms with E-state index in [0.717, 1.165) is 13.0 Å². The fourth-order valence-electron chi connectivity index (χ4n) is 0.566. The molecule has 68 valence electrons. The van der Waals surface area contributed by atoms with Gasteiger partial charge in [0, 0.05) is 6.54 Å². The minimum absolute atomic E-state index is 0.279. The minimum atomic E-state index is -0.279. The normalized spacial score (nSPS) is 8.82. The number of carbonyl (C=O) groups is 1. The highest BCUT2D eigenvalue weighted by Crippen LogP contribution is 1.96. The zero-order valence-corrected chi connectivity index (χ0v) is 8.79. The van der Waals surface area contributed by atoms with Crippen LogP contribution in [-0.2, 0) is 4.79 Å². The van der Waals surface area contributed by atoms with Gasteiger partial charge in [0.15, 0.2) is 0 Å². The molecule has 0 aromatic rings. The summed E-state index contributed by atoms with van der Waals surface area (Å²) in [6.45, 7) is 7.28. The maximum absolute atomic E-state index is 10.3. The molecular weight excluding hydrogens is 159 g/mol. The molecule has 0 rings (SSSR count). The van der Waals surface area contributed by atoms with Crippen molar-refractivity contribution in [1.29, 1.82) is 0 Å². The van der Waals surface area contributed by atoms with Crippen molar-refractivity contribution in [3.05, 3.63) is 0 Å². The van der Waals surface area contributed by atoms with E-state index in [1.807, 2.05) is 18.5 Å². The molecule has 1 unspecified atom stereocenters. The Morgan fingerprint density at radius 2 is 2.00 bits per heavy atom. The van der Waals surface area contributed by atoms with E-state index in [4.69, 9.17) is 5.73 Å². The summed E-state index contributed by atoms with van der Waals surface area (Å²) in [5.41, 5.74) is 4.93. The van der Waals surface area contributed by atoms with Crippen molar-refractivity contribution >= 4 is 15.3 Å². The average molecular weight is 178 g/mol. The number of primary amides is 1. The van der Waals surface area contributed by atoms with Gasteiger partial charge in [0.25, 0.3) is 0 Å². The molecule has 0 aliphatic carbocycles. The Morgan fingerprint density at radius 3 is 2.27 bits per heavy atom. The van der Waals surface area contributed by atoms with Crippen molar-refractivity contribution in [2.45, 2.75) is 27.2 Å². The maximum atomic E-state index is 10.3. The maximum Gasteiger partial charge on any atom is 0.231 e. The summed E-state index contributed by atoms with van der Waals surface area (Å²) in [7, 11) is 2.46. The Labute approximate surface area is 71.6 Å². The lowest BCUT2D eigenvalue weighted by molar-refractivity contribution is -0.118. The zero-order valence-electron chi connectivity index (χ0n) is 7.63. The molecular formula is C7H19N2OP. The van der Waals surface area contributed by atoms with Crippen LogP contribution in [0.25, 0.3) is 0 Å². The van der Waals surface area contributed by atoms with Gasteiger partial charge in [0.2, 0.25) is 5.91 Å². The Morgan fingerprint density at radius 1 is 1.55 bits per heavy atom. The molecule has 0 radical (unpaired) electrons. The molecule has 0 saturated carbocycles. The van der Waals surface area contributed by atoms with Crippen LogP contribution in [0.5, 0.6) is 0 Å². The highest BCUT2D eigenvalue weighted by atomic mass is 31.0. The van der Waals surface area contributed by atoms with Crippen LogP contribution in [-0.4, -0.2) is 23.7 Å². The first kappa shape index (κ1) is 13.4. The number of carbonyl (C=O) groups excluding carboxylic acids is 1. The Hall–Kier alpha value is -0.140. The molecule has 11 heavy (non-hydrogen) atoms. The van der Waals surface area contributed by atoms with Gasteiger partial charge >= 0.3 is 0 Å². The third kappa shape index (κ3) is 12.9. The van der Waals surface area contributed by atoms with E-state index in [-0.39, 0.29) is 5.91 Å². The molecule has 0 bridgehead atoms. The largest absolute Gasteiger partial charge is 0.369 e. The summed E-state index contributed by atoms with van der Waals surface area (Å²) < 4.78 is 1.82. The first-order valence-corrected chi connectivity index (χ1v) is 4.46. The molecule has 3 nitrogen and oxygen atoms in total. The number of amides is 1. The lowest BCUT2D eigenvalue weighted by Crippen LogP contribution is -2.27. The van der Waals surface area contributed by atoms with Crippen LogP contribution in [0.2, 0.25) is 0 Å². The van der Waals surface area contributed by atoms with Crippen molar-refractivity contribution in [3.63, 3.8) is 0 Å². The third-order valence-electron chi connectivity index (χ3n) is 0.870. The summed E-state index contributed by atoms with van der Waals surface area (Å²) in [5, 5.41) is 0. The lowest BCUT2D eigenvalue weighted by atomic mass is 10.5. The van der Waals surface area contributed by atoms with Gasteiger partial charge in [0.05, 0.1) is 6.54 Å². The molecule has 0 saturated heterocycles. The zero-order chi connectivity index (χ0) is 9.28. The summed E-state index contributed by atoms with van der Waals surface area (Å²) >= 11 is 0. The standard InChI is InChI=1S/C5H13N2OP.C2H6/c1-2-3-7(9)4-5(6)8;1-2/h2-4,9H2,1H3,(H2,6,8);1-2H3. The lowest BCUT2D eigenvalue weighted by Gasteiger charge is -2.11. The number of rotatable bonds is 4. The van der Waals surface area contributed by atoms with Gasteiger partial charge in [0.1, 0.15) is 0 Å². The monoisotopic (exact) mass is 178 g/mol. The quantitative estimate of drug-likeness (QED) is 0.653. The van der Waals surface area contributed by atoms with Gasteiger partial charge in [-0.25, -0.2) is 0 Å². The van der Waals surface area contributed by atoms with Crippen LogP contribution in [0, 0.1) is 0 Å². The highest BCUT2D eigenvalue weighted by molar-refractivity contribution is 7.13. The molecule has 0 spiro atoms. The van der Waals surface area contributed by atoms with E-state index in [1.54, 1.807) is 0 Å². The Bertz CT molecular complexity index is 98.4. The molecule has 0 fully saturated rings. The molecule has 2 N–H and O–H groups in total. The van der Waals surface area contributed by atoms with Crippen molar-refractivity contribution in [1.82, 2.24) is 4.67 Å². The Kier molecular flexibility index (Phi) is 12.1. The van der Waals surface area contributed by atoms with E-state index >= 15 is 0 Å². The molecule has 0 aliphatic rings. The molecule has 0 aliphatic heterocycles. The van der Waals surface area contributed by atoms with Crippen molar-refractivity contribution in [2.75, 3.05) is 13.1 Å². The molecule has 0 aromatic heterocycles. The van der Waals surface area contributed by atoms with E-state index < -0.39 is 0 Å². The van der Waals surface area contributed by atoms with Crippen molar-refractivity contribution < 1.29 is 4.79 Å². The predicted molar refractivity (Wildman–Crippen MR) is 52.1 cm³/mol. The molecule has 0 aromatic carbocycles. The number of nitrogens with zero attached hydrogens (tertiary/aromatic N) is 1. The Balaban J connectivity index is 0. The fraction of sp³-hybridized carbons (Fsp3) is 0.857. The van der Waals surface area contributed by atoms with Crippen molar-refractivity contribution in [2.24, 2.45) is 5.73 Å². The van der Waals surface area contributed by atoms with Gasteiger partial charge in [-0.15, -0.1) is 0 Å². The molecule has 4 heteroatoms. The topological polar surface area (TPSA) is 46.3 Å². The van der Waals surface area contributed by atoms with Gasteiger partial charge in [-0.1, -0.05) is 30.2 Å². The molecule has 1 amide bonds. The second-order valence-electron chi connectivity index (χ2n) is 1.94. The average Bonchev–Trinajstić information content (AvgIpc) is 1.91. The predicted octanol–water partition coefficient (Wildman–Crippen LogP) is 1.000. The third-order valence-corrected chi connectivity index (χ3v) is 1.31. The van der Waals surface area contributed by atoms with E-state index in [1.165, 1.54) is 0 Å². The summed E-state index contributed by atoms with van der Waals surface area (Å²) in [5.74, 6) is -0.279. The fourth-order valence-corrected chi connectivity index (χ4v) is 1.00. The van der Waals surface area contributed by atoms with Crippen LogP contribution >= 0.6 is 9.39 Å². The van der Waals surface area contributed by atoms with Gasteiger partial charge in [-0.3, -0.25) is 9.46 Å². The minimum Gasteiger partial charge on any atom is -0.369 e. The SMILES string of the molecule is CC.CCCN(P)CC(N)=O. The molecule has 0 heterocycles. The second-order valence-corrected chi connectivity index (χ2v) is 2.67.